The van der Waals surface area contributed by atoms with Crippen LogP contribution in [0.2, 0.25) is 0 Å². The highest BCUT2D eigenvalue weighted by molar-refractivity contribution is 7.11. The van der Waals surface area contributed by atoms with Gasteiger partial charge in [0.25, 0.3) is 0 Å². The van der Waals surface area contributed by atoms with Crippen molar-refractivity contribution in [1.82, 2.24) is 0 Å². The Balaban J connectivity index is 2.46. The third kappa shape index (κ3) is 3.24. The summed E-state index contributed by atoms with van der Waals surface area (Å²) in [5.74, 6) is -0.679. The molecule has 1 aromatic carbocycles. The van der Waals surface area contributed by atoms with E-state index in [1.807, 2.05) is 0 Å². The van der Waals surface area contributed by atoms with Crippen LogP contribution in [0.25, 0.3) is 0 Å². The van der Waals surface area contributed by atoms with Gasteiger partial charge in [-0.2, -0.15) is 26.3 Å². The predicted molar refractivity (Wildman–Crippen MR) is 59.7 cm³/mol. The van der Waals surface area contributed by atoms with E-state index < -0.39 is 29.2 Å². The molecule has 1 aromatic heterocycles. The van der Waals surface area contributed by atoms with Crippen molar-refractivity contribution in [1.29, 1.82) is 0 Å². The number of hydrogen-bond acceptors (Lipinski definition) is 2. The Labute approximate surface area is 113 Å². The van der Waals surface area contributed by atoms with Crippen LogP contribution in [-0.4, -0.2) is 0 Å². The third-order valence-electron chi connectivity index (χ3n) is 2.27. The smallest absolute Gasteiger partial charge is 0.420 e. The first-order chi connectivity index (χ1) is 9.18. The molecule has 0 atom stereocenters. The van der Waals surface area contributed by atoms with Crippen molar-refractivity contribution in [3.8, 4) is 10.8 Å². The Kier molecular flexibility index (Phi) is 3.68. The van der Waals surface area contributed by atoms with Gasteiger partial charge in [0.15, 0.2) is 5.06 Å². The second-order valence-corrected chi connectivity index (χ2v) is 4.52. The van der Waals surface area contributed by atoms with Crippen molar-refractivity contribution in [2.45, 2.75) is 12.4 Å². The summed E-state index contributed by atoms with van der Waals surface area (Å²) >= 11 is 0.910. The molecule has 0 amide bonds. The molecule has 0 bridgehead atoms. The SMILES string of the molecule is FC(F)(F)c1ccc(Oc2cc[c]s2)c(C(F)(F)F)c1. The van der Waals surface area contributed by atoms with E-state index in [2.05, 4.69) is 5.38 Å². The largest absolute Gasteiger partial charge is 0.446 e. The lowest BCUT2D eigenvalue weighted by molar-refractivity contribution is -0.143. The summed E-state index contributed by atoms with van der Waals surface area (Å²) in [7, 11) is 0. The zero-order chi connectivity index (χ0) is 15.0. The molecule has 0 saturated carbocycles. The van der Waals surface area contributed by atoms with E-state index >= 15 is 0 Å². The average molecular weight is 311 g/mol. The summed E-state index contributed by atoms with van der Waals surface area (Å²) in [4.78, 5) is 0. The van der Waals surface area contributed by atoms with Crippen molar-refractivity contribution >= 4 is 11.3 Å². The molecule has 0 N–H and O–H groups in total. The molecule has 1 nitrogen and oxygen atoms in total. The zero-order valence-electron chi connectivity index (χ0n) is 9.47. The molecular weight excluding hydrogens is 306 g/mol. The quantitative estimate of drug-likeness (QED) is 0.677. The monoisotopic (exact) mass is 311 g/mol. The van der Waals surface area contributed by atoms with Crippen LogP contribution in [-0.2, 0) is 12.4 Å². The third-order valence-corrected chi connectivity index (χ3v) is 2.94. The molecule has 2 rings (SSSR count). The number of alkyl halides is 6. The molecule has 2 aromatic rings. The second-order valence-electron chi connectivity index (χ2n) is 3.68. The Bertz CT molecular complexity index is 585. The Morgan fingerprint density at radius 1 is 0.950 bits per heavy atom. The van der Waals surface area contributed by atoms with E-state index in [4.69, 9.17) is 4.74 Å². The Morgan fingerprint density at radius 3 is 2.15 bits per heavy atom. The second kappa shape index (κ2) is 5.01. The van der Waals surface area contributed by atoms with Crippen molar-refractivity contribution < 1.29 is 31.1 Å². The normalized spacial score (nSPS) is 12.5. The summed E-state index contributed by atoms with van der Waals surface area (Å²) < 4.78 is 80.7. The zero-order valence-corrected chi connectivity index (χ0v) is 10.3. The van der Waals surface area contributed by atoms with Crippen LogP contribution < -0.4 is 4.74 Å². The summed E-state index contributed by atoms with van der Waals surface area (Å²) in [6.45, 7) is 0. The highest BCUT2D eigenvalue weighted by Gasteiger charge is 2.39. The van der Waals surface area contributed by atoms with Crippen LogP contribution in [0.15, 0.2) is 30.3 Å². The van der Waals surface area contributed by atoms with E-state index in [0.717, 1.165) is 11.3 Å². The van der Waals surface area contributed by atoms with Gasteiger partial charge in [-0.25, -0.2) is 0 Å². The van der Waals surface area contributed by atoms with Gasteiger partial charge in [0.1, 0.15) is 5.75 Å². The first-order valence-electron chi connectivity index (χ1n) is 5.10. The molecule has 0 spiro atoms. The van der Waals surface area contributed by atoms with Crippen molar-refractivity contribution in [3.05, 3.63) is 46.8 Å². The van der Waals surface area contributed by atoms with Crippen molar-refractivity contribution in [2.24, 2.45) is 0 Å². The molecule has 0 aliphatic rings. The fourth-order valence-electron chi connectivity index (χ4n) is 1.41. The number of benzene rings is 1. The minimum absolute atomic E-state index is 0.0344. The number of hydrogen-bond donors (Lipinski definition) is 0. The molecule has 0 aliphatic heterocycles. The first-order valence-corrected chi connectivity index (χ1v) is 5.92. The minimum atomic E-state index is -4.95. The van der Waals surface area contributed by atoms with Gasteiger partial charge in [0.05, 0.1) is 11.1 Å². The van der Waals surface area contributed by atoms with Crippen LogP contribution >= 0.6 is 11.3 Å². The fourth-order valence-corrected chi connectivity index (χ4v) is 1.93. The molecule has 0 aliphatic carbocycles. The van der Waals surface area contributed by atoms with E-state index in [0.29, 0.717) is 12.1 Å². The summed E-state index contributed by atoms with van der Waals surface area (Å²) in [5, 5.41) is 2.71. The molecule has 1 radical (unpaired) electrons. The van der Waals surface area contributed by atoms with E-state index in [9.17, 15) is 26.3 Å². The molecule has 107 valence electrons. The van der Waals surface area contributed by atoms with Gasteiger partial charge >= 0.3 is 12.4 Å². The van der Waals surface area contributed by atoms with Crippen LogP contribution in [0.5, 0.6) is 10.8 Å². The predicted octanol–water partition coefficient (Wildman–Crippen LogP) is 5.38. The van der Waals surface area contributed by atoms with E-state index in [-0.39, 0.29) is 11.1 Å². The van der Waals surface area contributed by atoms with E-state index in [1.54, 1.807) is 0 Å². The summed E-state index contributed by atoms with van der Waals surface area (Å²) in [5.41, 5.74) is -2.85. The van der Waals surface area contributed by atoms with Crippen molar-refractivity contribution in [2.75, 3.05) is 0 Å². The Hall–Kier alpha value is -1.70. The average Bonchev–Trinajstić information content (AvgIpc) is 2.79. The maximum Gasteiger partial charge on any atom is 0.420 e. The van der Waals surface area contributed by atoms with Crippen LogP contribution in [0.3, 0.4) is 0 Å². The van der Waals surface area contributed by atoms with Gasteiger partial charge in [-0.15, -0.1) is 0 Å². The first kappa shape index (κ1) is 14.7. The van der Waals surface area contributed by atoms with Gasteiger partial charge < -0.3 is 4.74 Å². The topological polar surface area (TPSA) is 9.23 Å². The molecule has 20 heavy (non-hydrogen) atoms. The minimum Gasteiger partial charge on any atom is -0.446 e. The lowest BCUT2D eigenvalue weighted by Crippen LogP contribution is -2.11. The number of halogens is 6. The maximum absolute atomic E-state index is 12.8. The lowest BCUT2D eigenvalue weighted by atomic mass is 10.1. The fraction of sp³-hybridized carbons (Fsp3) is 0.167. The molecule has 0 fully saturated rings. The highest BCUT2D eigenvalue weighted by Crippen LogP contribution is 2.42. The number of rotatable bonds is 2. The van der Waals surface area contributed by atoms with Crippen LogP contribution in [0.1, 0.15) is 11.1 Å². The molecule has 0 saturated heterocycles. The van der Waals surface area contributed by atoms with Crippen LogP contribution in [0, 0.1) is 5.38 Å². The standard InChI is InChI=1S/C12H5F6OS/c13-11(14,15)7-3-4-9(8(6-7)12(16,17)18)19-10-2-1-5-20-10/h1-4,6H. The van der Waals surface area contributed by atoms with Crippen LogP contribution in [0.4, 0.5) is 26.3 Å². The highest BCUT2D eigenvalue weighted by atomic mass is 32.1. The maximum atomic E-state index is 12.8. The molecular formula is C12H5F6OS. The molecule has 0 unspecified atom stereocenters. The van der Waals surface area contributed by atoms with Gasteiger partial charge in [-0.3, -0.25) is 0 Å². The Morgan fingerprint density at radius 2 is 1.65 bits per heavy atom. The van der Waals surface area contributed by atoms with E-state index in [1.165, 1.54) is 12.1 Å². The van der Waals surface area contributed by atoms with Crippen molar-refractivity contribution in [3.63, 3.8) is 0 Å². The lowest BCUT2D eigenvalue weighted by Gasteiger charge is -2.15. The number of ether oxygens (including phenoxy) is 1. The summed E-state index contributed by atoms with van der Waals surface area (Å²) in [6.07, 6.45) is -9.80. The molecule has 1 heterocycles. The summed E-state index contributed by atoms with van der Waals surface area (Å²) in [6, 6.07) is 4.03. The van der Waals surface area contributed by atoms with Gasteiger partial charge in [0.2, 0.25) is 0 Å². The van der Waals surface area contributed by atoms with Gasteiger partial charge in [0, 0.05) is 5.38 Å². The van der Waals surface area contributed by atoms with Gasteiger partial charge in [-0.1, -0.05) is 11.3 Å². The van der Waals surface area contributed by atoms with Gasteiger partial charge in [-0.05, 0) is 30.3 Å². The molecule has 8 heteroatoms. The number of thiophene rings is 1.